The van der Waals surface area contributed by atoms with Crippen molar-refractivity contribution in [1.29, 1.82) is 0 Å². The molecule has 0 spiro atoms. The van der Waals surface area contributed by atoms with Gasteiger partial charge in [0.1, 0.15) is 9.79 Å². The first-order valence-electron chi connectivity index (χ1n) is 5.69. The van der Waals surface area contributed by atoms with Crippen LogP contribution in [-0.4, -0.2) is 49.3 Å². The maximum absolute atomic E-state index is 12.4. The predicted molar refractivity (Wildman–Crippen MR) is 71.7 cm³/mol. The second-order valence-corrected chi connectivity index (χ2v) is 6.27. The maximum atomic E-state index is 12.4. The lowest BCUT2D eigenvalue weighted by atomic mass is 10.2. The van der Waals surface area contributed by atoms with Crippen LogP contribution in [-0.2, 0) is 9.84 Å². The number of rotatable bonds is 2. The van der Waals surface area contributed by atoms with E-state index >= 15 is 0 Å². The van der Waals surface area contributed by atoms with Gasteiger partial charge >= 0.3 is 0 Å². The summed E-state index contributed by atoms with van der Waals surface area (Å²) in [5, 5.41) is 75.1. The smallest absolute Gasteiger partial charge is 0.214 e. The molecule has 0 aromatic heterocycles. The van der Waals surface area contributed by atoms with Crippen molar-refractivity contribution in [2.45, 2.75) is 9.79 Å². The molecule has 2 aromatic rings. The Morgan fingerprint density at radius 3 is 1.13 bits per heavy atom. The highest BCUT2D eigenvalue weighted by molar-refractivity contribution is 7.91. The highest BCUT2D eigenvalue weighted by Gasteiger charge is 2.32. The Labute approximate surface area is 127 Å². The standard InChI is InChI=1S/C12H10O10S/c13-3-1-5(9(17)11(19)7(3)15)23(21,22)6-2-4(14)8(16)12(20)10(6)18/h1-2,13-20H. The molecule has 124 valence electrons. The van der Waals surface area contributed by atoms with Crippen LogP contribution in [0.5, 0.6) is 46.0 Å². The van der Waals surface area contributed by atoms with E-state index in [1.807, 2.05) is 0 Å². The topological polar surface area (TPSA) is 196 Å². The van der Waals surface area contributed by atoms with Gasteiger partial charge in [-0.15, -0.1) is 0 Å². The van der Waals surface area contributed by atoms with Crippen LogP contribution in [0.2, 0.25) is 0 Å². The Hall–Kier alpha value is -3.21. The molecule has 10 nitrogen and oxygen atoms in total. The van der Waals surface area contributed by atoms with Gasteiger partial charge in [0.2, 0.25) is 32.8 Å². The van der Waals surface area contributed by atoms with E-state index in [1.165, 1.54) is 0 Å². The van der Waals surface area contributed by atoms with Gasteiger partial charge in [-0.1, -0.05) is 0 Å². The first-order valence-corrected chi connectivity index (χ1v) is 7.17. The molecule has 0 saturated carbocycles. The van der Waals surface area contributed by atoms with E-state index in [1.54, 1.807) is 0 Å². The second kappa shape index (κ2) is 4.91. The van der Waals surface area contributed by atoms with E-state index < -0.39 is 65.6 Å². The largest absolute Gasteiger partial charge is 0.504 e. The van der Waals surface area contributed by atoms with Crippen molar-refractivity contribution in [1.82, 2.24) is 0 Å². The van der Waals surface area contributed by atoms with Gasteiger partial charge in [-0.25, -0.2) is 8.42 Å². The molecule has 0 bridgehead atoms. The summed E-state index contributed by atoms with van der Waals surface area (Å²) >= 11 is 0. The Bertz CT molecular complexity index is 847. The average Bonchev–Trinajstić information content (AvgIpc) is 2.49. The Morgan fingerprint density at radius 2 is 0.826 bits per heavy atom. The summed E-state index contributed by atoms with van der Waals surface area (Å²) in [4.78, 5) is -2.27. The summed E-state index contributed by atoms with van der Waals surface area (Å²) < 4.78 is 24.8. The van der Waals surface area contributed by atoms with E-state index in [0.717, 1.165) is 0 Å². The summed E-state index contributed by atoms with van der Waals surface area (Å²) in [5.74, 6) is -9.90. The minimum Gasteiger partial charge on any atom is -0.504 e. The zero-order valence-electron chi connectivity index (χ0n) is 11.0. The summed E-state index contributed by atoms with van der Waals surface area (Å²) in [6.07, 6.45) is 0. The highest BCUT2D eigenvalue weighted by atomic mass is 32.2. The molecule has 0 radical (unpaired) electrons. The molecule has 0 aliphatic rings. The summed E-state index contributed by atoms with van der Waals surface area (Å²) in [5.41, 5.74) is 0. The van der Waals surface area contributed by atoms with Gasteiger partial charge in [0.05, 0.1) is 0 Å². The van der Waals surface area contributed by atoms with E-state index in [9.17, 15) is 49.3 Å². The lowest BCUT2D eigenvalue weighted by molar-refractivity contribution is 0.337. The van der Waals surface area contributed by atoms with Crippen molar-refractivity contribution in [3.8, 4) is 46.0 Å². The fourth-order valence-corrected chi connectivity index (χ4v) is 3.22. The molecule has 2 rings (SSSR count). The number of hydrogen-bond donors (Lipinski definition) is 8. The molecule has 0 aliphatic heterocycles. The molecule has 0 unspecified atom stereocenters. The minimum atomic E-state index is -4.89. The van der Waals surface area contributed by atoms with Crippen molar-refractivity contribution in [3.05, 3.63) is 12.1 Å². The quantitative estimate of drug-likeness (QED) is 0.274. The maximum Gasteiger partial charge on any atom is 0.214 e. The number of hydrogen-bond acceptors (Lipinski definition) is 10. The molecule has 23 heavy (non-hydrogen) atoms. The van der Waals surface area contributed by atoms with Gasteiger partial charge in [0.15, 0.2) is 23.0 Å². The van der Waals surface area contributed by atoms with Gasteiger partial charge < -0.3 is 40.9 Å². The van der Waals surface area contributed by atoms with E-state index in [4.69, 9.17) is 0 Å². The minimum absolute atomic E-state index is 0.375. The fourth-order valence-electron chi connectivity index (χ4n) is 1.75. The summed E-state index contributed by atoms with van der Waals surface area (Å²) in [6, 6.07) is 0.750. The zero-order chi connectivity index (χ0) is 17.7. The average molecular weight is 346 g/mol. The Morgan fingerprint density at radius 1 is 0.522 bits per heavy atom. The molecular weight excluding hydrogens is 336 g/mol. The van der Waals surface area contributed by atoms with Crippen LogP contribution in [0.15, 0.2) is 21.9 Å². The molecule has 2 aromatic carbocycles. The van der Waals surface area contributed by atoms with Gasteiger partial charge in [-0.3, -0.25) is 0 Å². The Kier molecular flexibility index (Phi) is 3.45. The second-order valence-electron chi connectivity index (χ2n) is 4.38. The van der Waals surface area contributed by atoms with Crippen molar-refractivity contribution < 1.29 is 49.3 Å². The molecule has 0 heterocycles. The SMILES string of the molecule is O=S(=O)(c1cc(O)c(O)c(O)c1O)c1cc(O)c(O)c(O)c1O. The van der Waals surface area contributed by atoms with Crippen molar-refractivity contribution in [2.75, 3.05) is 0 Å². The Balaban J connectivity index is 2.85. The first kappa shape index (κ1) is 16.2. The predicted octanol–water partition coefficient (Wildman–Crippen LogP) is 0.164. The monoisotopic (exact) mass is 346 g/mol. The molecular formula is C12H10O10S. The molecule has 0 saturated heterocycles. The molecule has 0 fully saturated rings. The van der Waals surface area contributed by atoms with Gasteiger partial charge in [0.25, 0.3) is 0 Å². The fraction of sp³-hybridized carbons (Fsp3) is 0. The van der Waals surface area contributed by atoms with Crippen molar-refractivity contribution >= 4 is 9.84 Å². The van der Waals surface area contributed by atoms with Gasteiger partial charge in [-0.2, -0.15) is 0 Å². The molecule has 0 aliphatic carbocycles. The molecule has 8 N–H and O–H groups in total. The number of phenolic OH excluding ortho intramolecular Hbond substituents is 8. The van der Waals surface area contributed by atoms with Gasteiger partial charge in [-0.05, 0) is 0 Å². The van der Waals surface area contributed by atoms with Crippen LogP contribution in [0, 0.1) is 0 Å². The van der Waals surface area contributed by atoms with Crippen LogP contribution in [0.3, 0.4) is 0 Å². The van der Waals surface area contributed by atoms with Crippen LogP contribution in [0.4, 0.5) is 0 Å². The van der Waals surface area contributed by atoms with Crippen LogP contribution in [0.25, 0.3) is 0 Å². The number of benzene rings is 2. The third-order valence-corrected chi connectivity index (χ3v) is 4.74. The molecule has 11 heteroatoms. The summed E-state index contributed by atoms with van der Waals surface area (Å²) in [7, 11) is -4.89. The van der Waals surface area contributed by atoms with Crippen molar-refractivity contribution in [2.24, 2.45) is 0 Å². The molecule has 0 atom stereocenters. The first-order chi connectivity index (χ1) is 10.5. The third kappa shape index (κ3) is 2.23. The lowest BCUT2D eigenvalue weighted by Gasteiger charge is -2.13. The van der Waals surface area contributed by atoms with Crippen LogP contribution < -0.4 is 0 Å². The van der Waals surface area contributed by atoms with E-state index in [2.05, 4.69) is 0 Å². The highest BCUT2D eigenvalue weighted by Crippen LogP contribution is 2.51. The number of aromatic hydroxyl groups is 8. The molecule has 0 amide bonds. The van der Waals surface area contributed by atoms with E-state index in [-0.39, 0.29) is 0 Å². The summed E-state index contributed by atoms with van der Waals surface area (Å²) in [6.45, 7) is 0. The third-order valence-electron chi connectivity index (χ3n) is 2.96. The number of phenols is 8. The van der Waals surface area contributed by atoms with Crippen molar-refractivity contribution in [3.63, 3.8) is 0 Å². The van der Waals surface area contributed by atoms with E-state index in [0.29, 0.717) is 12.1 Å². The van der Waals surface area contributed by atoms with Crippen LogP contribution in [0.1, 0.15) is 0 Å². The number of sulfone groups is 1. The van der Waals surface area contributed by atoms with Gasteiger partial charge in [0, 0.05) is 12.1 Å². The van der Waals surface area contributed by atoms with Crippen LogP contribution >= 0.6 is 0 Å². The lowest BCUT2D eigenvalue weighted by Crippen LogP contribution is -2.03. The zero-order valence-corrected chi connectivity index (χ0v) is 11.8. The normalized spacial score (nSPS) is 11.5.